The predicted octanol–water partition coefficient (Wildman–Crippen LogP) is -0.389. The summed E-state index contributed by atoms with van der Waals surface area (Å²) in [5.74, 6) is 1.36. The highest BCUT2D eigenvalue weighted by Gasteiger charge is 2.32. The second kappa shape index (κ2) is 6.84. The Labute approximate surface area is 175 Å². The van der Waals surface area contributed by atoms with E-state index in [0.29, 0.717) is 27.9 Å². The van der Waals surface area contributed by atoms with Crippen LogP contribution in [0.5, 0.6) is 0 Å². The highest BCUT2D eigenvalue weighted by molar-refractivity contribution is 7.15. The Balaban J connectivity index is 2.09. The van der Waals surface area contributed by atoms with Crippen molar-refractivity contribution in [1.29, 1.82) is 0 Å². The Morgan fingerprint density at radius 3 is 2.29 bits per heavy atom. The molecule has 1 aromatic carbocycles. The van der Waals surface area contributed by atoms with Gasteiger partial charge in [0.2, 0.25) is 0 Å². The molecule has 4 nitrogen and oxygen atoms in total. The first-order valence-corrected chi connectivity index (χ1v) is 9.58. The van der Waals surface area contributed by atoms with E-state index in [1.165, 1.54) is 4.88 Å². The highest BCUT2D eigenvalue weighted by Crippen LogP contribution is 2.40. The molecule has 0 spiro atoms. The van der Waals surface area contributed by atoms with Crippen LogP contribution in [-0.2, 0) is 0 Å². The molecule has 0 bridgehead atoms. The van der Waals surface area contributed by atoms with E-state index >= 15 is 0 Å². The largest absolute Gasteiger partial charge is 0.274 e. The molecule has 0 saturated carbocycles. The molecule has 10 radical (unpaired) electrons. The average molecular weight is 371 g/mol. The minimum Gasteiger partial charge on any atom is -0.274 e. The summed E-state index contributed by atoms with van der Waals surface area (Å²) in [4.78, 5) is 6.10. The summed E-state index contributed by atoms with van der Waals surface area (Å²) in [6.45, 7) is 6.03. The smallest absolute Gasteiger partial charge is 0.161 e. The summed E-state index contributed by atoms with van der Waals surface area (Å²) in [5.41, 5.74) is 3.96. The normalized spacial score (nSPS) is 15.9. The van der Waals surface area contributed by atoms with Gasteiger partial charge in [-0.3, -0.25) is 9.56 Å². The summed E-state index contributed by atoms with van der Waals surface area (Å²) >= 11 is 1.65. The van der Waals surface area contributed by atoms with Crippen LogP contribution in [0, 0.1) is 20.8 Å². The van der Waals surface area contributed by atoms with E-state index in [-0.39, 0.29) is 0 Å². The van der Waals surface area contributed by atoms with Gasteiger partial charge in [0.05, 0.1) is 27.4 Å². The number of aliphatic imine (C=N–C) groups is 1. The summed E-state index contributed by atoms with van der Waals surface area (Å²) in [6.07, 6.45) is 0. The van der Waals surface area contributed by atoms with Gasteiger partial charge in [-0.05, 0) is 31.9 Å². The van der Waals surface area contributed by atoms with Gasteiger partial charge in [0, 0.05) is 10.4 Å². The zero-order valence-corrected chi connectivity index (χ0v) is 16.7. The van der Waals surface area contributed by atoms with Crippen molar-refractivity contribution in [2.24, 2.45) is 4.99 Å². The molecule has 126 valence electrons. The Morgan fingerprint density at radius 1 is 1.04 bits per heavy atom. The van der Waals surface area contributed by atoms with Crippen LogP contribution in [0.2, 0.25) is 5.72 Å². The Kier molecular flexibility index (Phi) is 4.73. The minimum atomic E-state index is -0.753. The van der Waals surface area contributed by atoms with Crippen LogP contribution in [0.15, 0.2) is 17.1 Å². The molecule has 0 amide bonds. The number of aryl methyl sites for hydroxylation is 2. The lowest BCUT2D eigenvalue weighted by Crippen LogP contribution is -2.39. The molecule has 4 rings (SSSR count). The number of thiophene rings is 1. The molecule has 10 heteroatoms. The summed E-state index contributed by atoms with van der Waals surface area (Å²) in [6, 6.07) is 2.98. The summed E-state index contributed by atoms with van der Waals surface area (Å²) < 4.78 is 1.98. The lowest BCUT2D eigenvalue weighted by atomic mass is 9.66. The fourth-order valence-corrected chi connectivity index (χ4v) is 4.65. The van der Waals surface area contributed by atoms with Gasteiger partial charge in [0.15, 0.2) is 5.82 Å². The number of fused-ring (bicyclic) bond motifs is 3. The van der Waals surface area contributed by atoms with Crippen molar-refractivity contribution >= 4 is 72.7 Å². The lowest BCUT2D eigenvalue weighted by Gasteiger charge is -2.17. The molecule has 1 atom stereocenters. The van der Waals surface area contributed by atoms with Crippen LogP contribution in [0.4, 0.5) is 0 Å². The topological polar surface area (TPSA) is 43.1 Å². The standard InChI is InChI=1S/C18H13B5N4S/c1-6-7(2)28-18-12(6)14(9-4-10(19)13(21)11(20)5-9)24-15(16(22)23)17-26-25-8(3)27(17)18/h4-5,15-16H,1-3H3. The van der Waals surface area contributed by atoms with E-state index in [2.05, 4.69) is 24.0 Å². The molecule has 1 unspecified atom stereocenters. The zero-order valence-electron chi connectivity index (χ0n) is 15.9. The van der Waals surface area contributed by atoms with Crippen molar-refractivity contribution in [3.05, 3.63) is 45.3 Å². The third kappa shape index (κ3) is 2.84. The molecule has 28 heavy (non-hydrogen) atoms. The van der Waals surface area contributed by atoms with Crippen LogP contribution in [0.25, 0.3) is 5.00 Å². The summed E-state index contributed by atoms with van der Waals surface area (Å²) in [5, 5.41) is 9.52. The van der Waals surface area contributed by atoms with Gasteiger partial charge in [-0.15, -0.1) is 37.9 Å². The Hall–Kier alpha value is -1.95. The quantitative estimate of drug-likeness (QED) is 0.576. The van der Waals surface area contributed by atoms with Crippen molar-refractivity contribution in [3.63, 3.8) is 0 Å². The van der Waals surface area contributed by atoms with Crippen LogP contribution in [0.3, 0.4) is 0 Å². The van der Waals surface area contributed by atoms with Crippen molar-refractivity contribution < 1.29 is 0 Å². The maximum Gasteiger partial charge on any atom is 0.161 e. The maximum atomic E-state index is 6.08. The first kappa shape index (κ1) is 19.4. The second-order valence-corrected chi connectivity index (χ2v) is 8.18. The molecular weight excluding hydrogens is 358 g/mol. The van der Waals surface area contributed by atoms with Gasteiger partial charge in [-0.25, -0.2) is 0 Å². The van der Waals surface area contributed by atoms with Crippen molar-refractivity contribution in [2.75, 3.05) is 0 Å². The van der Waals surface area contributed by atoms with Gasteiger partial charge in [0.25, 0.3) is 0 Å². The average Bonchev–Trinajstić information content (AvgIpc) is 3.08. The van der Waals surface area contributed by atoms with E-state index in [1.807, 2.05) is 11.5 Å². The maximum absolute atomic E-state index is 6.08. The molecule has 0 aliphatic carbocycles. The van der Waals surface area contributed by atoms with E-state index < -0.39 is 11.8 Å². The van der Waals surface area contributed by atoms with Crippen molar-refractivity contribution in [2.45, 2.75) is 32.5 Å². The van der Waals surface area contributed by atoms with Gasteiger partial charge < -0.3 is 0 Å². The Morgan fingerprint density at radius 2 is 1.68 bits per heavy atom. The number of rotatable bonds is 2. The van der Waals surface area contributed by atoms with Crippen molar-refractivity contribution in [1.82, 2.24) is 14.8 Å². The predicted molar refractivity (Wildman–Crippen MR) is 120 cm³/mol. The summed E-state index contributed by atoms with van der Waals surface area (Å²) in [7, 11) is 30.3. The molecular formula is C18H13B5N4S. The van der Waals surface area contributed by atoms with Crippen LogP contribution < -0.4 is 16.4 Å². The number of nitrogens with zero attached hydrogens (tertiary/aromatic N) is 4. The zero-order chi connectivity index (χ0) is 20.3. The van der Waals surface area contributed by atoms with Crippen LogP contribution >= 0.6 is 11.3 Å². The lowest BCUT2D eigenvalue weighted by molar-refractivity contribution is 0.698. The Bertz CT molecular complexity index is 1110. The van der Waals surface area contributed by atoms with Crippen LogP contribution in [0.1, 0.15) is 39.3 Å². The molecule has 1 aliphatic heterocycles. The monoisotopic (exact) mass is 372 g/mol. The third-order valence-corrected chi connectivity index (χ3v) is 6.26. The molecule has 2 aromatic heterocycles. The molecule has 0 fully saturated rings. The van der Waals surface area contributed by atoms with E-state index in [9.17, 15) is 0 Å². The molecule has 0 N–H and O–H groups in total. The first-order chi connectivity index (χ1) is 13.2. The van der Waals surface area contributed by atoms with E-state index in [0.717, 1.165) is 27.5 Å². The highest BCUT2D eigenvalue weighted by atomic mass is 32.1. The van der Waals surface area contributed by atoms with Crippen LogP contribution in [-0.4, -0.2) is 59.7 Å². The molecule has 0 saturated heterocycles. The fourth-order valence-electron chi connectivity index (χ4n) is 3.44. The molecule has 3 heterocycles. The fraction of sp³-hybridized carbons (Fsp3) is 0.278. The third-order valence-electron chi connectivity index (χ3n) is 5.07. The first-order valence-electron chi connectivity index (χ1n) is 8.77. The molecule has 3 aromatic rings. The second-order valence-electron chi connectivity index (χ2n) is 6.97. The van der Waals surface area contributed by atoms with Crippen molar-refractivity contribution in [3.8, 4) is 5.00 Å². The van der Waals surface area contributed by atoms with Gasteiger partial charge in [-0.2, -0.15) is 0 Å². The van der Waals surface area contributed by atoms with Gasteiger partial charge >= 0.3 is 0 Å². The number of aromatic nitrogens is 3. The van der Waals surface area contributed by atoms with E-state index in [1.54, 1.807) is 23.5 Å². The molecule has 1 aliphatic rings. The number of hydrogen-bond donors (Lipinski definition) is 0. The van der Waals surface area contributed by atoms with Gasteiger partial charge in [0.1, 0.15) is 34.4 Å². The van der Waals surface area contributed by atoms with E-state index in [4.69, 9.17) is 44.2 Å². The number of benzene rings is 1. The minimum absolute atomic E-state index is 0.358. The van der Waals surface area contributed by atoms with Gasteiger partial charge in [-0.1, -0.05) is 17.8 Å². The number of hydrogen-bond acceptors (Lipinski definition) is 4. The SMILES string of the molecule is [B]c1cc(C2=NC(C([B])[B])c3nnc(C)n3-c3sc(C)c(C)c32)cc([B])c1[B].